The third-order valence-electron chi connectivity index (χ3n) is 4.23. The first-order valence-corrected chi connectivity index (χ1v) is 6.92. The number of hydrogen-bond acceptors (Lipinski definition) is 2. The number of aromatic nitrogens is 2. The van der Waals surface area contributed by atoms with Crippen LogP contribution in [0.1, 0.15) is 38.6 Å². The van der Waals surface area contributed by atoms with E-state index in [1.165, 1.54) is 11.0 Å². The minimum Gasteiger partial charge on any atom is -0.307 e. The molecule has 0 bridgehead atoms. The third-order valence-corrected chi connectivity index (χ3v) is 4.23. The summed E-state index contributed by atoms with van der Waals surface area (Å²) in [6.45, 7) is 2.13. The van der Waals surface area contributed by atoms with Gasteiger partial charge in [0.1, 0.15) is 0 Å². The highest BCUT2D eigenvalue weighted by molar-refractivity contribution is 5.76. The highest BCUT2D eigenvalue weighted by atomic mass is 16.2. The van der Waals surface area contributed by atoms with E-state index in [4.69, 9.17) is 0 Å². The molecule has 0 amide bonds. The average molecular weight is 258 g/mol. The summed E-state index contributed by atoms with van der Waals surface area (Å²) in [5.74, 6) is 0.383. The first-order valence-electron chi connectivity index (χ1n) is 6.92. The maximum absolute atomic E-state index is 12.5. The van der Waals surface area contributed by atoms with Crippen molar-refractivity contribution in [2.24, 2.45) is 5.92 Å². The van der Waals surface area contributed by atoms with Crippen molar-refractivity contribution >= 4 is 10.9 Å². The molecule has 1 aliphatic carbocycles. The number of fused-ring (bicyclic) bond motifs is 1. The molecular weight excluding hydrogens is 240 g/mol. The van der Waals surface area contributed by atoms with E-state index in [0.717, 1.165) is 19.3 Å². The van der Waals surface area contributed by atoms with Gasteiger partial charge in [-0.15, -0.1) is 0 Å². The Balaban J connectivity index is 2.23. The lowest BCUT2D eigenvalue weighted by Crippen LogP contribution is -2.41. The van der Waals surface area contributed by atoms with Gasteiger partial charge >= 0.3 is 5.69 Å². The lowest BCUT2D eigenvalue weighted by Gasteiger charge is -2.29. The van der Waals surface area contributed by atoms with E-state index in [0.29, 0.717) is 16.8 Å². The van der Waals surface area contributed by atoms with E-state index >= 15 is 0 Å². The number of H-pyrrole nitrogens is 1. The van der Waals surface area contributed by atoms with Crippen LogP contribution in [0.4, 0.5) is 0 Å². The van der Waals surface area contributed by atoms with Crippen molar-refractivity contribution in [3.8, 4) is 0 Å². The van der Waals surface area contributed by atoms with E-state index in [-0.39, 0.29) is 17.3 Å². The molecule has 100 valence electrons. The van der Waals surface area contributed by atoms with Crippen LogP contribution in [-0.4, -0.2) is 9.55 Å². The molecule has 4 nitrogen and oxygen atoms in total. The van der Waals surface area contributed by atoms with E-state index < -0.39 is 0 Å². The van der Waals surface area contributed by atoms with Crippen molar-refractivity contribution in [2.45, 2.75) is 38.6 Å². The van der Waals surface area contributed by atoms with Gasteiger partial charge < -0.3 is 4.98 Å². The molecule has 19 heavy (non-hydrogen) atoms. The Kier molecular flexibility index (Phi) is 3.01. The van der Waals surface area contributed by atoms with Crippen molar-refractivity contribution in [3.63, 3.8) is 0 Å². The van der Waals surface area contributed by atoms with Crippen molar-refractivity contribution in [2.75, 3.05) is 0 Å². The molecule has 1 aromatic carbocycles. The van der Waals surface area contributed by atoms with E-state index in [2.05, 4.69) is 11.9 Å². The predicted molar refractivity (Wildman–Crippen MR) is 75.5 cm³/mol. The van der Waals surface area contributed by atoms with E-state index in [1.807, 2.05) is 12.1 Å². The second kappa shape index (κ2) is 4.68. The van der Waals surface area contributed by atoms with Gasteiger partial charge in [0.2, 0.25) is 0 Å². The Hall–Kier alpha value is -1.84. The van der Waals surface area contributed by atoms with Crippen molar-refractivity contribution in [3.05, 3.63) is 45.1 Å². The fraction of sp³-hybridized carbons (Fsp3) is 0.467. The van der Waals surface area contributed by atoms with Crippen LogP contribution in [0.5, 0.6) is 0 Å². The highest BCUT2D eigenvalue weighted by Gasteiger charge is 2.25. The van der Waals surface area contributed by atoms with Crippen LogP contribution in [0.15, 0.2) is 33.9 Å². The Bertz CT molecular complexity index is 714. The quantitative estimate of drug-likeness (QED) is 0.854. The van der Waals surface area contributed by atoms with Crippen LogP contribution in [0, 0.1) is 5.92 Å². The number of hydrogen-bond donors (Lipinski definition) is 1. The number of para-hydroxylation sites is 1. The summed E-state index contributed by atoms with van der Waals surface area (Å²) in [7, 11) is 0. The molecule has 0 saturated heterocycles. The topological polar surface area (TPSA) is 54.9 Å². The molecule has 2 atom stereocenters. The molecule has 2 unspecified atom stereocenters. The van der Waals surface area contributed by atoms with E-state index in [1.54, 1.807) is 12.1 Å². The molecule has 0 radical (unpaired) electrons. The van der Waals surface area contributed by atoms with Gasteiger partial charge in [0, 0.05) is 6.04 Å². The summed E-state index contributed by atoms with van der Waals surface area (Å²) in [6, 6.07) is 7.24. The summed E-state index contributed by atoms with van der Waals surface area (Å²) in [4.78, 5) is 27.6. The van der Waals surface area contributed by atoms with E-state index in [9.17, 15) is 9.59 Å². The van der Waals surface area contributed by atoms with Gasteiger partial charge in [0.25, 0.3) is 5.56 Å². The number of rotatable bonds is 1. The van der Waals surface area contributed by atoms with Gasteiger partial charge in [0.05, 0.1) is 10.9 Å². The van der Waals surface area contributed by atoms with Crippen molar-refractivity contribution in [1.82, 2.24) is 9.55 Å². The Labute approximate surface area is 111 Å². The first-order chi connectivity index (χ1) is 9.18. The fourth-order valence-electron chi connectivity index (χ4n) is 3.16. The number of aromatic amines is 1. The molecule has 1 aliphatic rings. The molecule has 1 aromatic heterocycles. The van der Waals surface area contributed by atoms with Crippen LogP contribution in [-0.2, 0) is 0 Å². The van der Waals surface area contributed by atoms with Crippen LogP contribution >= 0.6 is 0 Å². The molecule has 1 N–H and O–H groups in total. The second-order valence-corrected chi connectivity index (χ2v) is 5.48. The lowest BCUT2D eigenvalue weighted by atomic mass is 9.86. The maximum Gasteiger partial charge on any atom is 0.329 e. The maximum atomic E-state index is 12.5. The molecule has 3 rings (SSSR count). The smallest absolute Gasteiger partial charge is 0.307 e. The van der Waals surface area contributed by atoms with Gasteiger partial charge in [-0.1, -0.05) is 31.9 Å². The molecule has 1 saturated carbocycles. The molecule has 2 aromatic rings. The largest absolute Gasteiger partial charge is 0.329 e. The summed E-state index contributed by atoms with van der Waals surface area (Å²) < 4.78 is 1.44. The van der Waals surface area contributed by atoms with Crippen LogP contribution in [0.2, 0.25) is 0 Å². The van der Waals surface area contributed by atoms with Crippen LogP contribution in [0.3, 0.4) is 0 Å². The second-order valence-electron chi connectivity index (χ2n) is 5.48. The highest BCUT2D eigenvalue weighted by Crippen LogP contribution is 2.31. The van der Waals surface area contributed by atoms with Gasteiger partial charge in [0.15, 0.2) is 0 Å². The fourth-order valence-corrected chi connectivity index (χ4v) is 3.16. The number of benzene rings is 1. The van der Waals surface area contributed by atoms with Crippen molar-refractivity contribution < 1.29 is 0 Å². The van der Waals surface area contributed by atoms with Gasteiger partial charge in [-0.3, -0.25) is 9.36 Å². The van der Waals surface area contributed by atoms with Gasteiger partial charge in [-0.05, 0) is 30.9 Å². The van der Waals surface area contributed by atoms with Crippen LogP contribution in [0.25, 0.3) is 10.9 Å². The molecule has 0 aliphatic heterocycles. The zero-order valence-corrected chi connectivity index (χ0v) is 11.1. The Morgan fingerprint density at radius 2 is 1.89 bits per heavy atom. The third kappa shape index (κ3) is 2.01. The Morgan fingerprint density at radius 3 is 2.68 bits per heavy atom. The lowest BCUT2D eigenvalue weighted by molar-refractivity contribution is 0.246. The average Bonchev–Trinajstić information content (AvgIpc) is 2.41. The first kappa shape index (κ1) is 12.2. The molecule has 4 heteroatoms. The number of nitrogens with one attached hydrogen (secondary N) is 1. The minimum atomic E-state index is -0.276. The summed E-state index contributed by atoms with van der Waals surface area (Å²) >= 11 is 0. The SMILES string of the molecule is CC1CCCCC1n1c(=O)[nH]c2ccccc2c1=O. The monoisotopic (exact) mass is 258 g/mol. The Morgan fingerprint density at radius 1 is 1.16 bits per heavy atom. The number of nitrogens with zero attached hydrogens (tertiary/aromatic N) is 1. The zero-order valence-electron chi connectivity index (χ0n) is 11.1. The van der Waals surface area contributed by atoms with Gasteiger partial charge in [-0.2, -0.15) is 0 Å². The van der Waals surface area contributed by atoms with Gasteiger partial charge in [-0.25, -0.2) is 4.79 Å². The zero-order chi connectivity index (χ0) is 13.4. The minimum absolute atomic E-state index is 0.0367. The van der Waals surface area contributed by atoms with Crippen LogP contribution < -0.4 is 11.2 Å². The molecule has 1 heterocycles. The molecule has 0 spiro atoms. The van der Waals surface area contributed by atoms with Crippen molar-refractivity contribution in [1.29, 1.82) is 0 Å². The normalized spacial score (nSPS) is 23.6. The predicted octanol–water partition coefficient (Wildman–Crippen LogP) is 2.44. The standard InChI is InChI=1S/C15H18N2O2/c1-10-6-2-5-9-13(10)17-14(18)11-7-3-4-8-12(11)16-15(17)19/h3-4,7-8,10,13H,2,5-6,9H2,1H3,(H,16,19). The summed E-state index contributed by atoms with van der Waals surface area (Å²) in [5.41, 5.74) is 0.192. The summed E-state index contributed by atoms with van der Waals surface area (Å²) in [5, 5.41) is 0.597. The molecular formula is C15H18N2O2. The molecule has 1 fully saturated rings. The summed E-state index contributed by atoms with van der Waals surface area (Å²) in [6.07, 6.45) is 4.29.